The molecule has 2 aromatic heterocycles. The summed E-state index contributed by atoms with van der Waals surface area (Å²) in [5.41, 5.74) is 3.66. The molecule has 150 valence electrons. The molecule has 0 atom stereocenters. The van der Waals surface area contributed by atoms with Gasteiger partial charge in [0.25, 0.3) is 5.56 Å². The van der Waals surface area contributed by atoms with E-state index in [1.807, 2.05) is 54.6 Å². The van der Waals surface area contributed by atoms with Gasteiger partial charge in [0, 0.05) is 23.4 Å². The normalized spacial score (nSPS) is 12.5. The highest BCUT2D eigenvalue weighted by Gasteiger charge is 2.18. The van der Waals surface area contributed by atoms with Crippen LogP contribution in [-0.2, 0) is 6.42 Å². The van der Waals surface area contributed by atoms with E-state index in [4.69, 9.17) is 14.2 Å². The second kappa shape index (κ2) is 7.22. The zero-order valence-electron chi connectivity index (χ0n) is 16.7. The summed E-state index contributed by atoms with van der Waals surface area (Å²) in [7, 11) is 3.18. The fourth-order valence-corrected chi connectivity index (χ4v) is 3.81. The van der Waals surface area contributed by atoms with E-state index in [2.05, 4.69) is 4.98 Å². The maximum absolute atomic E-state index is 13.7. The highest BCUT2D eigenvalue weighted by atomic mass is 16.5. The van der Waals surface area contributed by atoms with E-state index in [1.165, 1.54) is 0 Å². The molecule has 0 N–H and O–H groups in total. The van der Waals surface area contributed by atoms with Crippen molar-refractivity contribution in [3.8, 4) is 34.2 Å². The number of hydrogen-bond acceptors (Lipinski definition) is 5. The number of nitrogens with zero attached hydrogens (tertiary/aromatic N) is 2. The minimum atomic E-state index is -0.146. The molecule has 1 aliphatic rings. The van der Waals surface area contributed by atoms with Crippen molar-refractivity contribution in [3.05, 3.63) is 76.6 Å². The van der Waals surface area contributed by atoms with E-state index in [-0.39, 0.29) is 5.56 Å². The lowest BCUT2D eigenvalue weighted by Crippen LogP contribution is -2.21. The van der Waals surface area contributed by atoms with E-state index >= 15 is 0 Å². The zero-order chi connectivity index (χ0) is 20.7. The van der Waals surface area contributed by atoms with Crippen molar-refractivity contribution in [3.63, 3.8) is 0 Å². The minimum absolute atomic E-state index is 0.146. The molecular weight excluding hydrogens is 380 g/mol. The van der Waals surface area contributed by atoms with E-state index in [0.29, 0.717) is 23.7 Å². The maximum Gasteiger partial charge on any atom is 0.264 e. The molecule has 0 radical (unpaired) electrons. The van der Waals surface area contributed by atoms with Crippen molar-refractivity contribution in [1.29, 1.82) is 0 Å². The lowest BCUT2D eigenvalue weighted by Gasteiger charge is -2.14. The SMILES string of the molecule is COc1ccc(-c2cc3ccc(OC)nc3n(-c3ccc4c(c3)CCO4)c2=O)cc1. The van der Waals surface area contributed by atoms with Crippen LogP contribution in [0.15, 0.2) is 65.5 Å². The number of ether oxygens (including phenoxy) is 3. The van der Waals surface area contributed by atoms with E-state index in [0.717, 1.165) is 40.1 Å². The Morgan fingerprint density at radius 2 is 1.80 bits per heavy atom. The molecule has 0 spiro atoms. The van der Waals surface area contributed by atoms with Crippen LogP contribution in [0.2, 0.25) is 0 Å². The van der Waals surface area contributed by atoms with Crippen molar-refractivity contribution in [2.24, 2.45) is 0 Å². The summed E-state index contributed by atoms with van der Waals surface area (Å²) >= 11 is 0. The average Bonchev–Trinajstić information content (AvgIpc) is 3.26. The van der Waals surface area contributed by atoms with E-state index < -0.39 is 0 Å². The summed E-state index contributed by atoms with van der Waals surface area (Å²) in [5, 5.41) is 0.845. The molecule has 0 bridgehead atoms. The number of fused-ring (bicyclic) bond motifs is 2. The molecule has 30 heavy (non-hydrogen) atoms. The number of rotatable bonds is 4. The molecule has 4 aromatic rings. The smallest absolute Gasteiger partial charge is 0.264 e. The molecule has 3 heterocycles. The molecule has 0 saturated carbocycles. The van der Waals surface area contributed by atoms with E-state index in [9.17, 15) is 4.79 Å². The Balaban J connectivity index is 1.79. The van der Waals surface area contributed by atoms with Crippen molar-refractivity contribution in [2.75, 3.05) is 20.8 Å². The van der Waals surface area contributed by atoms with E-state index in [1.54, 1.807) is 24.9 Å². The molecule has 0 unspecified atom stereocenters. The van der Waals surface area contributed by atoms with Crippen LogP contribution < -0.4 is 19.8 Å². The van der Waals surface area contributed by atoms with Gasteiger partial charge in [-0.25, -0.2) is 0 Å². The molecule has 0 saturated heterocycles. The number of aromatic nitrogens is 2. The number of pyridine rings is 2. The summed E-state index contributed by atoms with van der Waals surface area (Å²) in [4.78, 5) is 18.2. The van der Waals surface area contributed by atoms with Crippen molar-refractivity contribution in [1.82, 2.24) is 9.55 Å². The van der Waals surface area contributed by atoms with Crippen LogP contribution >= 0.6 is 0 Å². The maximum atomic E-state index is 13.7. The number of benzene rings is 2. The summed E-state index contributed by atoms with van der Waals surface area (Å²) in [6, 6.07) is 18.9. The fraction of sp³-hybridized carbons (Fsp3) is 0.167. The molecule has 6 heteroatoms. The van der Waals surface area contributed by atoms with Crippen LogP contribution in [0.4, 0.5) is 0 Å². The lowest BCUT2D eigenvalue weighted by atomic mass is 10.0. The highest BCUT2D eigenvalue weighted by Crippen LogP contribution is 2.30. The third kappa shape index (κ3) is 2.97. The summed E-state index contributed by atoms with van der Waals surface area (Å²) < 4.78 is 17.8. The molecule has 1 aliphatic heterocycles. The van der Waals surface area contributed by atoms with Gasteiger partial charge in [0.15, 0.2) is 5.65 Å². The van der Waals surface area contributed by atoms with Gasteiger partial charge >= 0.3 is 0 Å². The quantitative estimate of drug-likeness (QED) is 0.518. The molecule has 6 nitrogen and oxygen atoms in total. The van der Waals surface area contributed by atoms with Crippen LogP contribution in [0.3, 0.4) is 0 Å². The summed E-state index contributed by atoms with van der Waals surface area (Å²) in [6.07, 6.45) is 0.824. The molecule has 0 aliphatic carbocycles. The first kappa shape index (κ1) is 18.2. The van der Waals surface area contributed by atoms with Gasteiger partial charge in [-0.05, 0) is 53.6 Å². The first-order valence-corrected chi connectivity index (χ1v) is 9.69. The predicted molar refractivity (Wildman–Crippen MR) is 115 cm³/mol. The largest absolute Gasteiger partial charge is 0.497 e. The zero-order valence-corrected chi connectivity index (χ0v) is 16.7. The van der Waals surface area contributed by atoms with Gasteiger partial charge in [0.2, 0.25) is 5.88 Å². The fourth-order valence-electron chi connectivity index (χ4n) is 3.81. The molecule has 0 fully saturated rings. The van der Waals surface area contributed by atoms with Gasteiger partial charge in [-0.1, -0.05) is 12.1 Å². The van der Waals surface area contributed by atoms with Gasteiger partial charge < -0.3 is 14.2 Å². The van der Waals surface area contributed by atoms with Crippen molar-refractivity contribution >= 4 is 11.0 Å². The Labute approximate surface area is 173 Å². The van der Waals surface area contributed by atoms with Gasteiger partial charge in [0.05, 0.1) is 26.5 Å². The van der Waals surface area contributed by atoms with Crippen molar-refractivity contribution in [2.45, 2.75) is 6.42 Å². The van der Waals surface area contributed by atoms with Crippen LogP contribution in [0, 0.1) is 0 Å². The van der Waals surface area contributed by atoms with Gasteiger partial charge in [-0.3, -0.25) is 9.36 Å². The van der Waals surface area contributed by atoms with Gasteiger partial charge in [0.1, 0.15) is 11.5 Å². The topological polar surface area (TPSA) is 62.6 Å². The Hall–Kier alpha value is -3.80. The second-order valence-corrected chi connectivity index (χ2v) is 7.08. The Bertz CT molecular complexity index is 1310. The first-order valence-electron chi connectivity index (χ1n) is 9.69. The minimum Gasteiger partial charge on any atom is -0.497 e. The standard InChI is InChI=1S/C24H20N2O4/c1-28-19-7-3-15(4-8-19)20-14-17-5-10-22(29-2)25-23(17)26(24(20)27)18-6-9-21-16(13-18)11-12-30-21/h3-10,13-14H,11-12H2,1-2H3. The Morgan fingerprint density at radius 1 is 0.967 bits per heavy atom. The number of hydrogen-bond donors (Lipinski definition) is 0. The monoisotopic (exact) mass is 400 g/mol. The van der Waals surface area contributed by atoms with Crippen molar-refractivity contribution < 1.29 is 14.2 Å². The number of methoxy groups -OCH3 is 2. The second-order valence-electron chi connectivity index (χ2n) is 7.08. The molecule has 5 rings (SSSR count). The predicted octanol–water partition coefficient (Wildman–Crippen LogP) is 4.00. The summed E-state index contributed by atoms with van der Waals surface area (Å²) in [5.74, 6) is 2.06. The molecule has 0 amide bonds. The third-order valence-corrected chi connectivity index (χ3v) is 5.37. The lowest BCUT2D eigenvalue weighted by molar-refractivity contribution is 0.357. The summed E-state index contributed by atoms with van der Waals surface area (Å²) in [6.45, 7) is 0.659. The third-order valence-electron chi connectivity index (χ3n) is 5.37. The molecular formula is C24H20N2O4. The first-order chi connectivity index (χ1) is 14.7. The molecule has 2 aromatic carbocycles. The average molecular weight is 400 g/mol. The Morgan fingerprint density at radius 3 is 2.57 bits per heavy atom. The van der Waals surface area contributed by atoms with Gasteiger partial charge in [-0.2, -0.15) is 4.98 Å². The van der Waals surface area contributed by atoms with Crippen LogP contribution in [0.25, 0.3) is 27.8 Å². The highest BCUT2D eigenvalue weighted by molar-refractivity contribution is 5.83. The van der Waals surface area contributed by atoms with Crippen LogP contribution in [0.5, 0.6) is 17.4 Å². The van der Waals surface area contributed by atoms with Gasteiger partial charge in [-0.15, -0.1) is 0 Å². The van der Waals surface area contributed by atoms with Crippen LogP contribution in [0.1, 0.15) is 5.56 Å². The van der Waals surface area contributed by atoms with Crippen LogP contribution in [-0.4, -0.2) is 30.4 Å². The Kier molecular flexibility index (Phi) is 4.39.